The summed E-state index contributed by atoms with van der Waals surface area (Å²) in [6, 6.07) is 0. The van der Waals surface area contributed by atoms with Crippen molar-refractivity contribution in [2.24, 2.45) is 5.73 Å². The third-order valence-electron chi connectivity index (χ3n) is 8.66. The first-order valence-electron chi connectivity index (χ1n) is 19.9. The molecule has 268 valence electrons. The molecule has 45 heavy (non-hydrogen) atoms. The lowest BCUT2D eigenvalue weighted by Crippen LogP contribution is -2.03. The van der Waals surface area contributed by atoms with Gasteiger partial charge in [0.2, 0.25) is 0 Å². The van der Waals surface area contributed by atoms with Crippen molar-refractivity contribution in [1.29, 1.82) is 0 Å². The van der Waals surface area contributed by atoms with Gasteiger partial charge in [-0.3, -0.25) is 0 Å². The molecule has 0 rings (SSSR count). The molecule has 5 nitrogen and oxygen atoms in total. The first-order chi connectivity index (χ1) is 22.1. The Kier molecular flexibility index (Phi) is 43.4. The van der Waals surface area contributed by atoms with E-state index in [4.69, 9.17) is 15.6 Å². The number of ether oxygens (including phenoxy) is 1. The molecular weight excluding hydrogens is 558 g/mol. The van der Waals surface area contributed by atoms with Crippen LogP contribution in [0.1, 0.15) is 219 Å². The predicted octanol–water partition coefficient (Wildman–Crippen LogP) is 12.6. The molecule has 0 spiro atoms. The molecule has 0 aliphatic carbocycles. The smallest absolute Gasteiger partial charge is 0.331 e. The van der Waals surface area contributed by atoms with Crippen molar-refractivity contribution in [1.82, 2.24) is 0 Å². The van der Waals surface area contributed by atoms with Gasteiger partial charge in [-0.25, -0.2) is 9.59 Å². The monoisotopic (exact) mass is 638 g/mol. The van der Waals surface area contributed by atoms with E-state index in [1.807, 2.05) is 0 Å². The normalized spacial score (nSPS) is 11.1. The maximum absolute atomic E-state index is 11.1. The van der Waals surface area contributed by atoms with Gasteiger partial charge in [0, 0.05) is 12.2 Å². The van der Waals surface area contributed by atoms with Crippen molar-refractivity contribution < 1.29 is 19.4 Å². The number of hydrogen-bond acceptors (Lipinski definition) is 4. The number of aliphatic carboxylic acids is 1. The van der Waals surface area contributed by atoms with Crippen molar-refractivity contribution in [3.63, 3.8) is 0 Å². The fourth-order valence-electron chi connectivity index (χ4n) is 5.70. The lowest BCUT2D eigenvalue weighted by atomic mass is 10.0. The summed E-state index contributed by atoms with van der Waals surface area (Å²) in [7, 11) is 0. The van der Waals surface area contributed by atoms with E-state index in [1.165, 1.54) is 193 Å². The van der Waals surface area contributed by atoms with Gasteiger partial charge in [0.05, 0.1) is 6.61 Å². The van der Waals surface area contributed by atoms with Crippen LogP contribution < -0.4 is 5.73 Å². The first kappa shape index (κ1) is 45.8. The summed E-state index contributed by atoms with van der Waals surface area (Å²) in [6.07, 6.45) is 45.6. The van der Waals surface area contributed by atoms with Crippen LogP contribution in [-0.4, -0.2) is 30.2 Å². The van der Waals surface area contributed by atoms with E-state index < -0.39 is 11.9 Å². The summed E-state index contributed by atoms with van der Waals surface area (Å²) in [5.41, 5.74) is 5.48. The largest absolute Gasteiger partial charge is 0.478 e. The Bertz CT molecular complexity index is 591. The molecule has 0 heterocycles. The lowest BCUT2D eigenvalue weighted by molar-refractivity contribution is -0.138. The Morgan fingerprint density at radius 1 is 0.444 bits per heavy atom. The Morgan fingerprint density at radius 2 is 0.711 bits per heavy atom. The Labute approximate surface area is 281 Å². The summed E-state index contributed by atoms with van der Waals surface area (Å²) < 4.78 is 4.92. The second-order valence-electron chi connectivity index (χ2n) is 13.2. The minimum Gasteiger partial charge on any atom is -0.478 e. The van der Waals surface area contributed by atoms with Crippen LogP contribution in [0.15, 0.2) is 12.2 Å². The highest BCUT2D eigenvalue weighted by molar-refractivity contribution is 5.90. The second kappa shape index (κ2) is 42.6. The lowest BCUT2D eigenvalue weighted by Gasteiger charge is -2.04. The van der Waals surface area contributed by atoms with Gasteiger partial charge < -0.3 is 15.6 Å². The van der Waals surface area contributed by atoms with E-state index in [9.17, 15) is 9.59 Å². The van der Waals surface area contributed by atoms with E-state index in [0.717, 1.165) is 31.5 Å². The topological polar surface area (TPSA) is 89.6 Å². The number of carboxylic acid groups (broad SMARTS) is 1. The molecule has 0 unspecified atom stereocenters. The molecular formula is C40H79NO4. The van der Waals surface area contributed by atoms with Gasteiger partial charge in [-0.1, -0.05) is 206 Å². The van der Waals surface area contributed by atoms with Crippen LogP contribution in [0.4, 0.5) is 0 Å². The van der Waals surface area contributed by atoms with Crippen molar-refractivity contribution in [3.05, 3.63) is 12.2 Å². The van der Waals surface area contributed by atoms with Crippen molar-refractivity contribution in [2.75, 3.05) is 13.2 Å². The fraction of sp³-hybridized carbons (Fsp3) is 0.900. The average Bonchev–Trinajstić information content (AvgIpc) is 3.03. The maximum Gasteiger partial charge on any atom is 0.331 e. The van der Waals surface area contributed by atoms with Crippen molar-refractivity contribution in [3.8, 4) is 0 Å². The summed E-state index contributed by atoms with van der Waals surface area (Å²) in [5, 5.41) is 8.39. The minimum absolute atomic E-state index is 0.376. The molecule has 0 saturated carbocycles. The second-order valence-corrected chi connectivity index (χ2v) is 13.2. The number of hydrogen-bond donors (Lipinski definition) is 2. The van der Waals surface area contributed by atoms with E-state index in [2.05, 4.69) is 13.8 Å². The average molecular weight is 638 g/mol. The van der Waals surface area contributed by atoms with E-state index in [-0.39, 0.29) is 0 Å². The molecule has 5 heteroatoms. The number of carbonyl (C=O) groups is 2. The molecule has 0 saturated heterocycles. The van der Waals surface area contributed by atoms with Gasteiger partial charge in [0.25, 0.3) is 0 Å². The van der Waals surface area contributed by atoms with E-state index in [1.54, 1.807) is 0 Å². The van der Waals surface area contributed by atoms with E-state index >= 15 is 0 Å². The zero-order valence-corrected chi connectivity index (χ0v) is 30.4. The van der Waals surface area contributed by atoms with Crippen LogP contribution >= 0.6 is 0 Å². The third-order valence-corrected chi connectivity index (χ3v) is 8.66. The molecule has 0 aromatic rings. The molecule has 0 fully saturated rings. The molecule has 0 aliphatic heterocycles. The highest BCUT2D eigenvalue weighted by Gasteiger charge is 1.99. The van der Waals surface area contributed by atoms with Crippen LogP contribution in [-0.2, 0) is 14.3 Å². The van der Waals surface area contributed by atoms with Gasteiger partial charge in [-0.05, 0) is 19.4 Å². The first-order valence-corrected chi connectivity index (χ1v) is 19.9. The fourth-order valence-corrected chi connectivity index (χ4v) is 5.70. The van der Waals surface area contributed by atoms with Crippen molar-refractivity contribution in [2.45, 2.75) is 219 Å². The zero-order chi connectivity index (χ0) is 33.3. The SMILES string of the molecule is CCCCCCCCCCCCCCCCCCN.CCCCCCCCCCCCCCCCCCOC(=O)/C=C\C(=O)O. The van der Waals surface area contributed by atoms with Crippen LogP contribution in [0.5, 0.6) is 0 Å². The van der Waals surface area contributed by atoms with Crippen LogP contribution in [0, 0.1) is 0 Å². The van der Waals surface area contributed by atoms with Crippen molar-refractivity contribution >= 4 is 11.9 Å². The minimum atomic E-state index is -1.13. The maximum atomic E-state index is 11.1. The number of carbonyl (C=O) groups excluding carboxylic acids is 1. The molecule has 0 aromatic carbocycles. The summed E-state index contributed by atoms with van der Waals surface area (Å²) in [5.74, 6) is -1.71. The Morgan fingerprint density at radius 3 is 0.978 bits per heavy atom. The standard InChI is InChI=1S/C22H40O4.C18H39N/c1-2-3-4-5-6-7-8-9-10-11-12-13-14-15-16-17-20-26-22(25)19-18-21(23)24;1-2-3-4-5-6-7-8-9-10-11-12-13-14-15-16-17-18-19/h18-19H,2-17,20H2,1H3,(H,23,24);2-19H2,1H3/b19-18-;. The van der Waals surface area contributed by atoms with Gasteiger partial charge in [-0.2, -0.15) is 0 Å². The summed E-state index contributed by atoms with van der Waals surface area (Å²) in [4.78, 5) is 21.4. The number of esters is 1. The summed E-state index contributed by atoms with van der Waals surface area (Å²) in [6.45, 7) is 5.81. The molecule has 0 atom stereocenters. The molecule has 0 amide bonds. The predicted molar refractivity (Wildman–Crippen MR) is 196 cm³/mol. The van der Waals surface area contributed by atoms with Gasteiger partial charge in [-0.15, -0.1) is 0 Å². The Balaban J connectivity index is 0. The van der Waals surface area contributed by atoms with Gasteiger partial charge in [0.15, 0.2) is 0 Å². The van der Waals surface area contributed by atoms with Gasteiger partial charge >= 0.3 is 11.9 Å². The van der Waals surface area contributed by atoms with Crippen LogP contribution in [0.3, 0.4) is 0 Å². The van der Waals surface area contributed by atoms with Gasteiger partial charge in [0.1, 0.15) is 0 Å². The number of rotatable bonds is 35. The molecule has 3 N–H and O–H groups in total. The molecule has 0 aromatic heterocycles. The molecule has 0 bridgehead atoms. The van der Waals surface area contributed by atoms with E-state index in [0.29, 0.717) is 6.61 Å². The highest BCUT2D eigenvalue weighted by atomic mass is 16.5. The number of nitrogens with two attached hydrogens (primary N) is 1. The zero-order valence-electron chi connectivity index (χ0n) is 30.4. The highest BCUT2D eigenvalue weighted by Crippen LogP contribution is 2.15. The summed E-state index contributed by atoms with van der Waals surface area (Å²) >= 11 is 0. The Hall–Kier alpha value is -1.36. The molecule has 0 aliphatic rings. The number of carboxylic acids is 1. The number of unbranched alkanes of at least 4 members (excludes halogenated alkanes) is 30. The molecule has 0 radical (unpaired) electrons. The quantitative estimate of drug-likeness (QED) is 0.0410. The van der Waals surface area contributed by atoms with Crippen LogP contribution in [0.25, 0.3) is 0 Å². The van der Waals surface area contributed by atoms with Crippen LogP contribution in [0.2, 0.25) is 0 Å². The third kappa shape index (κ3) is 47.2.